The van der Waals surface area contributed by atoms with E-state index in [0.717, 1.165) is 6.07 Å². The van der Waals surface area contributed by atoms with Crippen LogP contribution in [0.4, 0.5) is 10.1 Å². The first-order valence-electron chi connectivity index (χ1n) is 8.61. The third-order valence-corrected chi connectivity index (χ3v) is 5.52. The fraction of sp³-hybridized carbons (Fsp3) is 0.0500. The Morgan fingerprint density at radius 3 is 2.59 bits per heavy atom. The van der Waals surface area contributed by atoms with Crippen molar-refractivity contribution in [2.24, 2.45) is 0 Å². The van der Waals surface area contributed by atoms with Gasteiger partial charge in [-0.1, -0.05) is 35.5 Å². The molecule has 4 rings (SSSR count). The van der Waals surface area contributed by atoms with Crippen LogP contribution in [0.1, 0.15) is 11.5 Å². The summed E-state index contributed by atoms with van der Waals surface area (Å²) in [5, 5.41) is 3.93. The summed E-state index contributed by atoms with van der Waals surface area (Å²) in [6, 6.07) is 15.5. The lowest BCUT2D eigenvalue weighted by molar-refractivity contribution is 0.386. The Morgan fingerprint density at radius 2 is 1.79 bits per heavy atom. The second kappa shape index (κ2) is 7.80. The van der Waals surface area contributed by atoms with Crippen LogP contribution in [0, 0.1) is 5.82 Å². The molecule has 4 aromatic rings. The predicted molar refractivity (Wildman–Crippen MR) is 104 cm³/mol. The number of aromatic nitrogens is 3. The van der Waals surface area contributed by atoms with Gasteiger partial charge in [0.2, 0.25) is 11.7 Å². The Labute approximate surface area is 166 Å². The van der Waals surface area contributed by atoms with Gasteiger partial charge < -0.3 is 4.52 Å². The normalized spacial score (nSPS) is 11.3. The van der Waals surface area contributed by atoms with Gasteiger partial charge in [-0.25, -0.2) is 12.8 Å². The summed E-state index contributed by atoms with van der Waals surface area (Å²) in [5.74, 6) is -0.130. The molecule has 0 bridgehead atoms. The summed E-state index contributed by atoms with van der Waals surface area (Å²) in [6.45, 7) is 0. The van der Waals surface area contributed by atoms with Crippen LogP contribution < -0.4 is 4.72 Å². The molecule has 2 aromatic carbocycles. The standard InChI is InChI=1S/C20H15FN4O3S/c21-16-8-2-4-10-18(16)29(26,27)25-17-9-3-1-6-14(17)12-19-23-20(24-28-19)15-7-5-11-22-13-15/h1-11,13,25H,12H2. The van der Waals surface area contributed by atoms with Crippen molar-refractivity contribution < 1.29 is 17.3 Å². The molecular formula is C20H15FN4O3S. The van der Waals surface area contributed by atoms with Gasteiger partial charge >= 0.3 is 0 Å². The van der Waals surface area contributed by atoms with Crippen molar-refractivity contribution in [2.75, 3.05) is 4.72 Å². The highest BCUT2D eigenvalue weighted by molar-refractivity contribution is 7.92. The molecule has 7 nitrogen and oxygen atoms in total. The molecule has 0 unspecified atom stereocenters. The number of sulfonamides is 1. The maximum atomic E-state index is 13.9. The second-order valence-corrected chi connectivity index (χ2v) is 7.77. The van der Waals surface area contributed by atoms with Crippen LogP contribution >= 0.6 is 0 Å². The molecule has 0 spiro atoms. The lowest BCUT2D eigenvalue weighted by Crippen LogP contribution is -2.15. The minimum absolute atomic E-state index is 0.198. The Balaban J connectivity index is 1.60. The Bertz CT molecular complexity index is 1240. The fourth-order valence-corrected chi connectivity index (χ4v) is 3.92. The van der Waals surface area contributed by atoms with Gasteiger partial charge in [0.1, 0.15) is 10.7 Å². The summed E-state index contributed by atoms with van der Waals surface area (Å²) in [7, 11) is -4.10. The molecule has 146 valence electrons. The molecule has 9 heteroatoms. The third kappa shape index (κ3) is 4.14. The van der Waals surface area contributed by atoms with Crippen molar-refractivity contribution in [1.82, 2.24) is 15.1 Å². The van der Waals surface area contributed by atoms with Gasteiger partial charge in [0, 0.05) is 18.0 Å². The van der Waals surface area contributed by atoms with E-state index in [-0.39, 0.29) is 6.42 Å². The van der Waals surface area contributed by atoms with E-state index in [1.54, 1.807) is 48.8 Å². The maximum absolute atomic E-state index is 13.9. The molecule has 0 amide bonds. The second-order valence-electron chi connectivity index (χ2n) is 6.12. The summed E-state index contributed by atoms with van der Waals surface area (Å²) in [5.41, 5.74) is 1.61. The molecule has 0 atom stereocenters. The maximum Gasteiger partial charge on any atom is 0.264 e. The smallest absolute Gasteiger partial charge is 0.264 e. The Kier molecular flexibility index (Phi) is 5.05. The van der Waals surface area contributed by atoms with Crippen LogP contribution in [0.2, 0.25) is 0 Å². The van der Waals surface area contributed by atoms with E-state index < -0.39 is 20.7 Å². The minimum atomic E-state index is -4.10. The average molecular weight is 410 g/mol. The average Bonchev–Trinajstić information content (AvgIpc) is 3.19. The number of nitrogens with one attached hydrogen (secondary N) is 1. The predicted octanol–water partition coefficient (Wildman–Crippen LogP) is 3.66. The van der Waals surface area contributed by atoms with Gasteiger partial charge in [0.05, 0.1) is 12.1 Å². The van der Waals surface area contributed by atoms with E-state index in [0.29, 0.717) is 28.5 Å². The molecule has 0 aliphatic rings. The van der Waals surface area contributed by atoms with E-state index in [1.807, 2.05) is 0 Å². The largest absolute Gasteiger partial charge is 0.339 e. The van der Waals surface area contributed by atoms with Crippen molar-refractivity contribution in [3.63, 3.8) is 0 Å². The number of benzene rings is 2. The zero-order valence-electron chi connectivity index (χ0n) is 15.0. The van der Waals surface area contributed by atoms with Crippen LogP contribution in [0.15, 0.2) is 82.5 Å². The lowest BCUT2D eigenvalue weighted by atomic mass is 10.1. The van der Waals surface area contributed by atoms with Crippen LogP contribution in [-0.4, -0.2) is 23.5 Å². The van der Waals surface area contributed by atoms with Gasteiger partial charge in [-0.05, 0) is 35.9 Å². The number of hydrogen-bond donors (Lipinski definition) is 1. The topological polar surface area (TPSA) is 98.0 Å². The Morgan fingerprint density at radius 1 is 1.00 bits per heavy atom. The molecular weight excluding hydrogens is 395 g/mol. The number of hydrogen-bond acceptors (Lipinski definition) is 6. The minimum Gasteiger partial charge on any atom is -0.339 e. The molecule has 0 saturated carbocycles. The quantitative estimate of drug-likeness (QED) is 0.521. The Hall–Kier alpha value is -3.59. The third-order valence-electron chi connectivity index (χ3n) is 4.12. The molecule has 0 radical (unpaired) electrons. The highest BCUT2D eigenvalue weighted by Gasteiger charge is 2.20. The van der Waals surface area contributed by atoms with Crippen molar-refractivity contribution in [3.8, 4) is 11.4 Å². The molecule has 2 heterocycles. The zero-order valence-corrected chi connectivity index (χ0v) is 15.8. The highest BCUT2D eigenvalue weighted by atomic mass is 32.2. The SMILES string of the molecule is O=S(=O)(Nc1ccccc1Cc1nc(-c2cccnc2)no1)c1ccccc1F. The van der Waals surface area contributed by atoms with Crippen molar-refractivity contribution in [1.29, 1.82) is 0 Å². The van der Waals surface area contributed by atoms with E-state index >= 15 is 0 Å². The lowest BCUT2D eigenvalue weighted by Gasteiger charge is -2.12. The van der Waals surface area contributed by atoms with Gasteiger partial charge in [-0.15, -0.1) is 0 Å². The van der Waals surface area contributed by atoms with Crippen molar-refractivity contribution in [2.45, 2.75) is 11.3 Å². The van der Waals surface area contributed by atoms with Crippen LogP contribution in [-0.2, 0) is 16.4 Å². The molecule has 0 fully saturated rings. The van der Waals surface area contributed by atoms with Crippen LogP contribution in [0.3, 0.4) is 0 Å². The summed E-state index contributed by atoms with van der Waals surface area (Å²) in [6.07, 6.45) is 3.46. The molecule has 1 N–H and O–H groups in total. The number of para-hydroxylation sites is 1. The van der Waals surface area contributed by atoms with Crippen molar-refractivity contribution in [3.05, 3.63) is 90.3 Å². The molecule has 0 aliphatic heterocycles. The van der Waals surface area contributed by atoms with Crippen LogP contribution in [0.5, 0.6) is 0 Å². The first-order chi connectivity index (χ1) is 14.0. The molecule has 29 heavy (non-hydrogen) atoms. The number of rotatable bonds is 6. The first kappa shape index (κ1) is 18.8. The summed E-state index contributed by atoms with van der Waals surface area (Å²) >= 11 is 0. The van der Waals surface area contributed by atoms with Crippen LogP contribution in [0.25, 0.3) is 11.4 Å². The molecule has 0 aliphatic carbocycles. The number of pyridine rings is 1. The van der Waals surface area contributed by atoms with Gasteiger partial charge in [0.25, 0.3) is 10.0 Å². The van der Waals surface area contributed by atoms with E-state index in [2.05, 4.69) is 19.8 Å². The van der Waals surface area contributed by atoms with Gasteiger partial charge in [-0.2, -0.15) is 4.98 Å². The summed E-state index contributed by atoms with van der Waals surface area (Å²) < 4.78 is 46.9. The monoisotopic (exact) mass is 410 g/mol. The first-order valence-corrected chi connectivity index (χ1v) is 10.1. The summed E-state index contributed by atoms with van der Waals surface area (Å²) in [4.78, 5) is 7.92. The molecule has 2 aromatic heterocycles. The van der Waals surface area contributed by atoms with Crippen molar-refractivity contribution >= 4 is 15.7 Å². The van der Waals surface area contributed by atoms with E-state index in [4.69, 9.17) is 4.52 Å². The number of halogens is 1. The molecule has 0 saturated heterocycles. The highest BCUT2D eigenvalue weighted by Crippen LogP contribution is 2.24. The zero-order chi connectivity index (χ0) is 20.3. The fourth-order valence-electron chi connectivity index (χ4n) is 2.74. The van der Waals surface area contributed by atoms with E-state index in [1.165, 1.54) is 18.2 Å². The van der Waals surface area contributed by atoms with Gasteiger partial charge in [0.15, 0.2) is 0 Å². The van der Waals surface area contributed by atoms with Gasteiger partial charge in [-0.3, -0.25) is 9.71 Å². The number of nitrogens with zero attached hydrogens (tertiary/aromatic N) is 3. The number of anilines is 1. The van der Waals surface area contributed by atoms with E-state index in [9.17, 15) is 12.8 Å².